The van der Waals surface area contributed by atoms with Crippen molar-refractivity contribution in [1.29, 1.82) is 0 Å². The second-order valence-electron chi connectivity index (χ2n) is 6.04. The molecule has 26 heavy (non-hydrogen) atoms. The highest BCUT2D eigenvalue weighted by Crippen LogP contribution is 2.38. The lowest BCUT2D eigenvalue weighted by atomic mass is 10.1. The molecule has 2 aromatic rings. The molecule has 0 spiro atoms. The van der Waals surface area contributed by atoms with Gasteiger partial charge in [-0.25, -0.2) is 17.7 Å². The summed E-state index contributed by atoms with van der Waals surface area (Å²) in [5.74, 6) is 0.635. The summed E-state index contributed by atoms with van der Waals surface area (Å²) in [6.45, 7) is 0. The average molecular weight is 376 g/mol. The minimum Gasteiger partial charge on any atom is -0.357 e. The first-order valence-electron chi connectivity index (χ1n) is 7.81. The minimum absolute atomic E-state index is 0.106. The van der Waals surface area contributed by atoms with E-state index in [-0.39, 0.29) is 10.8 Å². The molecule has 0 bridgehead atoms. The van der Waals surface area contributed by atoms with E-state index in [2.05, 4.69) is 15.3 Å². The van der Waals surface area contributed by atoms with Gasteiger partial charge < -0.3 is 15.1 Å². The van der Waals surface area contributed by atoms with Crippen LogP contribution in [0.4, 0.5) is 23.1 Å². The number of sulfonamides is 1. The lowest BCUT2D eigenvalue weighted by Crippen LogP contribution is -2.26. The molecule has 10 heteroatoms. The van der Waals surface area contributed by atoms with Gasteiger partial charge in [-0.3, -0.25) is 4.79 Å². The van der Waals surface area contributed by atoms with Gasteiger partial charge in [0.2, 0.25) is 16.0 Å². The number of nitrogens with one attached hydrogen (secondary N) is 1. The molecule has 1 aliphatic rings. The van der Waals surface area contributed by atoms with Gasteiger partial charge in [0.25, 0.3) is 5.91 Å². The minimum atomic E-state index is -3.63. The fraction of sp³-hybridized carbons (Fsp3) is 0.312. The van der Waals surface area contributed by atoms with Crippen LogP contribution in [0.1, 0.15) is 10.4 Å². The molecular weight excluding hydrogens is 356 g/mol. The summed E-state index contributed by atoms with van der Waals surface area (Å²) in [6, 6.07) is 4.46. The van der Waals surface area contributed by atoms with Gasteiger partial charge in [0.15, 0.2) is 5.82 Å². The Labute approximate surface area is 152 Å². The first kappa shape index (κ1) is 18.1. The van der Waals surface area contributed by atoms with Crippen LogP contribution >= 0.6 is 0 Å². The second-order valence-corrected chi connectivity index (χ2v) is 8.19. The lowest BCUT2D eigenvalue weighted by molar-refractivity contribution is 0.0994. The maximum absolute atomic E-state index is 12.9. The molecule has 9 nitrogen and oxygen atoms in total. The smallest absolute Gasteiger partial charge is 0.260 e. The van der Waals surface area contributed by atoms with Crippen molar-refractivity contribution in [2.75, 3.05) is 50.4 Å². The average Bonchev–Trinajstić information content (AvgIpc) is 2.71. The maximum Gasteiger partial charge on any atom is 0.260 e. The molecule has 0 radical (unpaired) electrons. The van der Waals surface area contributed by atoms with Gasteiger partial charge >= 0.3 is 0 Å². The molecule has 0 atom stereocenters. The maximum atomic E-state index is 12.9. The van der Waals surface area contributed by atoms with Crippen molar-refractivity contribution in [3.8, 4) is 0 Å². The summed E-state index contributed by atoms with van der Waals surface area (Å²) in [5.41, 5.74) is 1.38. The van der Waals surface area contributed by atoms with Crippen LogP contribution in [0.25, 0.3) is 0 Å². The molecule has 1 aromatic carbocycles. The zero-order chi connectivity index (χ0) is 19.2. The molecule has 138 valence electrons. The summed E-state index contributed by atoms with van der Waals surface area (Å²) < 4.78 is 26.1. The van der Waals surface area contributed by atoms with E-state index in [0.29, 0.717) is 28.7 Å². The quantitative estimate of drug-likeness (QED) is 0.857. The topological polar surface area (TPSA) is 98.7 Å². The number of rotatable bonds is 3. The van der Waals surface area contributed by atoms with E-state index in [1.54, 1.807) is 32.2 Å². The van der Waals surface area contributed by atoms with E-state index in [1.165, 1.54) is 37.2 Å². The van der Waals surface area contributed by atoms with Gasteiger partial charge in [-0.2, -0.15) is 4.98 Å². The van der Waals surface area contributed by atoms with Crippen LogP contribution in [0.2, 0.25) is 0 Å². The molecule has 0 fully saturated rings. The van der Waals surface area contributed by atoms with E-state index >= 15 is 0 Å². The van der Waals surface area contributed by atoms with Crippen LogP contribution in [0, 0.1) is 0 Å². The van der Waals surface area contributed by atoms with Crippen molar-refractivity contribution in [2.24, 2.45) is 0 Å². The fourth-order valence-corrected chi connectivity index (χ4v) is 3.64. The third kappa shape index (κ3) is 2.67. The second kappa shape index (κ2) is 6.22. The number of aromatic nitrogens is 2. The molecule has 0 saturated heterocycles. The van der Waals surface area contributed by atoms with Crippen LogP contribution in [0.3, 0.4) is 0 Å². The van der Waals surface area contributed by atoms with Gasteiger partial charge in [0, 0.05) is 35.2 Å². The lowest BCUT2D eigenvalue weighted by Gasteiger charge is -2.21. The highest BCUT2D eigenvalue weighted by Gasteiger charge is 2.30. The van der Waals surface area contributed by atoms with Gasteiger partial charge in [-0.15, -0.1) is 0 Å². The first-order chi connectivity index (χ1) is 12.2. The molecule has 0 unspecified atom stereocenters. The monoisotopic (exact) mass is 376 g/mol. The van der Waals surface area contributed by atoms with E-state index < -0.39 is 10.0 Å². The fourth-order valence-electron chi connectivity index (χ4n) is 2.72. The largest absolute Gasteiger partial charge is 0.357 e. The number of anilines is 4. The number of hydrogen-bond donors (Lipinski definition) is 1. The molecule has 2 heterocycles. The Balaban J connectivity index is 2.26. The van der Waals surface area contributed by atoms with E-state index in [1.807, 2.05) is 0 Å². The van der Waals surface area contributed by atoms with Crippen LogP contribution < -0.4 is 15.1 Å². The zero-order valence-corrected chi connectivity index (χ0v) is 16.0. The Kier molecular flexibility index (Phi) is 4.32. The molecule has 1 N–H and O–H groups in total. The number of carbonyl (C=O) groups is 1. The van der Waals surface area contributed by atoms with Gasteiger partial charge in [-0.05, 0) is 18.2 Å². The number of carbonyl (C=O) groups excluding carboxylic acids is 1. The molecule has 3 rings (SSSR count). The Morgan fingerprint density at radius 2 is 1.81 bits per heavy atom. The van der Waals surface area contributed by atoms with Crippen LogP contribution in [0.5, 0.6) is 0 Å². The SMILES string of the molecule is CNc1ncc2c(n1)N(C)c1cc(S(=O)(=O)N(C)C)ccc1C(=O)N2C. The first-order valence-corrected chi connectivity index (χ1v) is 9.25. The molecule has 0 saturated carbocycles. The molecule has 1 aromatic heterocycles. The summed E-state index contributed by atoms with van der Waals surface area (Å²) in [4.78, 5) is 24.7. The third-order valence-electron chi connectivity index (χ3n) is 4.30. The number of fused-ring (bicyclic) bond motifs is 2. The van der Waals surface area contributed by atoms with Crippen LogP contribution in [-0.2, 0) is 10.0 Å². The van der Waals surface area contributed by atoms with Crippen molar-refractivity contribution < 1.29 is 13.2 Å². The van der Waals surface area contributed by atoms with E-state index in [4.69, 9.17) is 0 Å². The van der Waals surface area contributed by atoms with E-state index in [9.17, 15) is 13.2 Å². The Bertz CT molecular complexity index is 989. The third-order valence-corrected chi connectivity index (χ3v) is 6.11. The van der Waals surface area contributed by atoms with Gasteiger partial charge in [0.1, 0.15) is 5.69 Å². The number of benzene rings is 1. The van der Waals surface area contributed by atoms with Crippen LogP contribution in [0.15, 0.2) is 29.3 Å². The molecule has 0 aliphatic carbocycles. The van der Waals surface area contributed by atoms with Gasteiger partial charge in [0.05, 0.1) is 22.3 Å². The molecule has 1 amide bonds. The number of nitrogens with zero attached hydrogens (tertiary/aromatic N) is 5. The summed E-state index contributed by atoms with van der Waals surface area (Å²) in [6.07, 6.45) is 1.56. The van der Waals surface area contributed by atoms with Gasteiger partial charge in [-0.1, -0.05) is 0 Å². The van der Waals surface area contributed by atoms with E-state index in [0.717, 1.165) is 4.31 Å². The predicted octanol–water partition coefficient (Wildman–Crippen LogP) is 1.13. The van der Waals surface area contributed by atoms with Crippen molar-refractivity contribution in [3.05, 3.63) is 30.0 Å². The van der Waals surface area contributed by atoms with Crippen molar-refractivity contribution in [3.63, 3.8) is 0 Å². The standard InChI is InChI=1S/C16H20N6O3S/c1-17-16-18-9-13-14(19-16)21(4)12-8-10(26(24,25)20(2)3)6-7-11(12)15(23)22(13)5/h6-9H,1-5H3,(H,17,18,19). The molecular formula is C16H20N6O3S. The normalized spacial score (nSPS) is 14.2. The highest BCUT2D eigenvalue weighted by atomic mass is 32.2. The van der Waals surface area contributed by atoms with Crippen LogP contribution in [-0.4, -0.2) is 63.8 Å². The molecule has 1 aliphatic heterocycles. The number of amides is 1. The highest BCUT2D eigenvalue weighted by molar-refractivity contribution is 7.89. The Morgan fingerprint density at radius 1 is 1.12 bits per heavy atom. The van der Waals surface area contributed by atoms with Crippen molar-refractivity contribution in [1.82, 2.24) is 14.3 Å². The predicted molar refractivity (Wildman–Crippen MR) is 99.7 cm³/mol. The summed E-state index contributed by atoms with van der Waals surface area (Å²) in [5, 5.41) is 2.86. The Hall–Kier alpha value is -2.72. The number of hydrogen-bond acceptors (Lipinski definition) is 7. The Morgan fingerprint density at radius 3 is 2.42 bits per heavy atom. The van der Waals surface area contributed by atoms with Crippen molar-refractivity contribution in [2.45, 2.75) is 4.90 Å². The summed E-state index contributed by atoms with van der Waals surface area (Å²) in [7, 11) is 4.37. The zero-order valence-electron chi connectivity index (χ0n) is 15.2. The summed E-state index contributed by atoms with van der Waals surface area (Å²) >= 11 is 0. The van der Waals surface area contributed by atoms with Crippen molar-refractivity contribution >= 4 is 39.1 Å².